The first-order chi connectivity index (χ1) is 10.5. The summed E-state index contributed by atoms with van der Waals surface area (Å²) in [5, 5.41) is 10.5. The van der Waals surface area contributed by atoms with Crippen LogP contribution in [0, 0.1) is 5.92 Å². The van der Waals surface area contributed by atoms with Crippen LogP contribution in [0.25, 0.3) is 0 Å². The predicted molar refractivity (Wildman–Crippen MR) is 92.7 cm³/mol. The van der Waals surface area contributed by atoms with Crippen LogP contribution in [0.1, 0.15) is 46.2 Å². The van der Waals surface area contributed by atoms with Crippen LogP contribution in [-0.4, -0.2) is 30.8 Å². The van der Waals surface area contributed by atoms with E-state index >= 15 is 0 Å². The van der Waals surface area contributed by atoms with Crippen LogP contribution >= 0.6 is 0 Å². The van der Waals surface area contributed by atoms with Gasteiger partial charge >= 0.3 is 0 Å². The summed E-state index contributed by atoms with van der Waals surface area (Å²) in [6.07, 6.45) is 4.62. The molecule has 0 saturated heterocycles. The average Bonchev–Trinajstić information content (AvgIpc) is 2.44. The molecular formula is C17H26N2O3S. The molecule has 1 N–H and O–H groups in total. The molecular weight excluding hydrogens is 312 g/mol. The van der Waals surface area contributed by atoms with Gasteiger partial charge in [-0.15, -0.1) is 0 Å². The molecule has 0 aromatic carbocycles. The van der Waals surface area contributed by atoms with Crippen LogP contribution in [0.4, 0.5) is 5.82 Å². The van der Waals surface area contributed by atoms with Crippen molar-refractivity contribution in [3.05, 3.63) is 35.0 Å². The molecule has 6 heteroatoms. The first-order valence-electron chi connectivity index (χ1n) is 7.91. The fourth-order valence-electron chi connectivity index (χ4n) is 2.91. The first-order valence-corrected chi connectivity index (χ1v) is 9.80. The third kappa shape index (κ3) is 3.93. The van der Waals surface area contributed by atoms with Crippen LogP contribution in [0.5, 0.6) is 0 Å². The summed E-state index contributed by atoms with van der Waals surface area (Å²) in [6, 6.07) is 5.42. The molecule has 1 aromatic heterocycles. The molecule has 0 fully saturated rings. The number of aromatic nitrogens is 1. The fourth-order valence-corrected chi connectivity index (χ4v) is 3.92. The zero-order valence-corrected chi connectivity index (χ0v) is 15.3. The zero-order valence-electron chi connectivity index (χ0n) is 14.4. The number of allylic oxidation sites excluding steroid dienone is 1. The second kappa shape index (κ2) is 6.24. The maximum Gasteiger partial charge on any atom is 0.190 e. The van der Waals surface area contributed by atoms with Gasteiger partial charge in [0.1, 0.15) is 16.4 Å². The number of rotatable bonds is 4. The van der Waals surface area contributed by atoms with E-state index in [1.807, 2.05) is 11.0 Å². The molecule has 0 amide bonds. The summed E-state index contributed by atoms with van der Waals surface area (Å²) < 4.78 is 24.5. The normalized spacial score (nSPS) is 19.9. The van der Waals surface area contributed by atoms with Crippen LogP contribution in [0.15, 0.2) is 29.3 Å². The Labute approximate surface area is 139 Å². The van der Waals surface area contributed by atoms with Gasteiger partial charge in [0.15, 0.2) is 9.84 Å². The monoisotopic (exact) mass is 338 g/mol. The minimum atomic E-state index is -3.35. The molecule has 128 valence electrons. The Hall–Kier alpha value is -1.40. The smallest absolute Gasteiger partial charge is 0.190 e. The Kier molecular flexibility index (Phi) is 4.87. The van der Waals surface area contributed by atoms with Crippen molar-refractivity contribution in [3.63, 3.8) is 0 Å². The molecule has 1 aliphatic rings. The fraction of sp³-hybridized carbons (Fsp3) is 0.588. The minimum absolute atomic E-state index is 0.0641. The molecule has 0 saturated carbocycles. The van der Waals surface area contributed by atoms with E-state index in [2.05, 4.69) is 18.8 Å². The number of sulfone groups is 1. The van der Waals surface area contributed by atoms with Crippen molar-refractivity contribution in [1.29, 1.82) is 0 Å². The van der Waals surface area contributed by atoms with E-state index in [9.17, 15) is 13.5 Å². The van der Waals surface area contributed by atoms with Gasteiger partial charge in [0.05, 0.1) is 5.69 Å². The molecule has 1 atom stereocenters. The number of aliphatic hydroxyl groups is 1. The topological polar surface area (TPSA) is 70.5 Å². The Balaban J connectivity index is 2.58. The summed E-state index contributed by atoms with van der Waals surface area (Å²) in [5.74, 6) is 0.854. The van der Waals surface area contributed by atoms with E-state index in [1.54, 1.807) is 32.1 Å². The molecule has 2 rings (SSSR count). The van der Waals surface area contributed by atoms with Crippen LogP contribution in [0.2, 0.25) is 0 Å². The summed E-state index contributed by atoms with van der Waals surface area (Å²) >= 11 is 0. The Morgan fingerprint density at radius 3 is 2.52 bits per heavy atom. The quantitative estimate of drug-likeness (QED) is 0.914. The van der Waals surface area contributed by atoms with E-state index in [-0.39, 0.29) is 12.0 Å². The van der Waals surface area contributed by atoms with E-state index in [0.717, 1.165) is 12.8 Å². The second-order valence-electron chi connectivity index (χ2n) is 7.01. The molecule has 0 radical (unpaired) electrons. The number of anilines is 1. The zero-order chi connectivity index (χ0) is 17.4. The Bertz CT molecular complexity index is 703. The highest BCUT2D eigenvalue weighted by Gasteiger charge is 2.33. The van der Waals surface area contributed by atoms with Gasteiger partial charge in [-0.3, -0.25) is 0 Å². The maximum atomic E-state index is 12.2. The van der Waals surface area contributed by atoms with Crippen LogP contribution < -0.4 is 4.90 Å². The number of nitrogens with zero attached hydrogens (tertiary/aromatic N) is 2. The van der Waals surface area contributed by atoms with E-state index in [1.165, 1.54) is 6.26 Å². The van der Waals surface area contributed by atoms with E-state index < -0.39 is 15.4 Å². The number of hydrogen-bond donors (Lipinski definition) is 1. The van der Waals surface area contributed by atoms with Crippen molar-refractivity contribution in [2.24, 2.45) is 5.92 Å². The number of pyridine rings is 1. The number of hydrogen-bond acceptors (Lipinski definition) is 5. The van der Waals surface area contributed by atoms with Crippen molar-refractivity contribution in [3.8, 4) is 0 Å². The molecule has 0 bridgehead atoms. The lowest BCUT2D eigenvalue weighted by atomic mass is 9.95. The predicted octanol–water partition coefficient (Wildman–Crippen LogP) is 2.82. The van der Waals surface area contributed by atoms with Crippen molar-refractivity contribution < 1.29 is 13.5 Å². The van der Waals surface area contributed by atoms with Crippen molar-refractivity contribution in [1.82, 2.24) is 4.98 Å². The third-order valence-corrected chi connectivity index (χ3v) is 5.23. The van der Waals surface area contributed by atoms with Gasteiger partial charge in [0.2, 0.25) is 0 Å². The largest absolute Gasteiger partial charge is 0.384 e. The molecule has 1 unspecified atom stereocenters. The highest BCUT2D eigenvalue weighted by molar-refractivity contribution is 7.94. The second-order valence-corrected chi connectivity index (χ2v) is 8.98. The Morgan fingerprint density at radius 1 is 1.35 bits per heavy atom. The summed E-state index contributed by atoms with van der Waals surface area (Å²) in [7, 11) is -3.35. The maximum absolute atomic E-state index is 12.2. The highest BCUT2D eigenvalue weighted by atomic mass is 32.2. The minimum Gasteiger partial charge on any atom is -0.384 e. The highest BCUT2D eigenvalue weighted by Crippen LogP contribution is 2.34. The van der Waals surface area contributed by atoms with Crippen LogP contribution in [-0.2, 0) is 15.4 Å². The van der Waals surface area contributed by atoms with Crippen LogP contribution in [0.3, 0.4) is 0 Å². The molecule has 1 aromatic rings. The van der Waals surface area contributed by atoms with Gasteiger partial charge in [-0.1, -0.05) is 19.9 Å². The lowest BCUT2D eigenvalue weighted by Gasteiger charge is -2.39. The van der Waals surface area contributed by atoms with Crippen molar-refractivity contribution in [2.45, 2.75) is 52.2 Å². The lowest BCUT2D eigenvalue weighted by molar-refractivity contribution is 0.0739. The summed E-state index contributed by atoms with van der Waals surface area (Å²) in [4.78, 5) is 6.35. The Morgan fingerprint density at radius 2 is 2.00 bits per heavy atom. The molecule has 0 spiro atoms. The van der Waals surface area contributed by atoms with Gasteiger partial charge in [0.25, 0.3) is 0 Å². The van der Waals surface area contributed by atoms with Gasteiger partial charge in [-0.2, -0.15) is 0 Å². The molecule has 1 aliphatic heterocycles. The van der Waals surface area contributed by atoms with Gasteiger partial charge in [0, 0.05) is 12.3 Å². The first kappa shape index (κ1) is 17.9. The summed E-state index contributed by atoms with van der Waals surface area (Å²) in [5.41, 5.74) is -0.551. The molecule has 23 heavy (non-hydrogen) atoms. The SMILES string of the molecule is CC(C)C1CCC=C(S(C)(=O)=O)N1c1cccc(C(C)(C)O)n1. The van der Waals surface area contributed by atoms with Crippen molar-refractivity contribution in [2.75, 3.05) is 11.2 Å². The molecule has 2 heterocycles. The lowest BCUT2D eigenvalue weighted by Crippen LogP contribution is -2.43. The van der Waals surface area contributed by atoms with E-state index in [0.29, 0.717) is 16.5 Å². The molecule has 5 nitrogen and oxygen atoms in total. The third-order valence-electron chi connectivity index (χ3n) is 4.11. The molecule has 0 aliphatic carbocycles. The van der Waals surface area contributed by atoms with Gasteiger partial charge in [-0.05, 0) is 50.8 Å². The van der Waals surface area contributed by atoms with E-state index in [4.69, 9.17) is 0 Å². The average molecular weight is 338 g/mol. The summed E-state index contributed by atoms with van der Waals surface area (Å²) in [6.45, 7) is 7.51. The van der Waals surface area contributed by atoms with Crippen molar-refractivity contribution >= 4 is 15.7 Å². The van der Waals surface area contributed by atoms with Gasteiger partial charge < -0.3 is 10.0 Å². The van der Waals surface area contributed by atoms with Gasteiger partial charge in [-0.25, -0.2) is 13.4 Å². The standard InChI is InChI=1S/C17H26N2O3S/c1-12(2)13-8-6-11-16(23(5,21)22)19(13)15-10-7-9-14(18-15)17(3,4)20/h7,9-13,20H,6,8H2,1-5H3.